The fourth-order valence-corrected chi connectivity index (χ4v) is 4.48. The Balaban J connectivity index is 1.73. The summed E-state index contributed by atoms with van der Waals surface area (Å²) in [6.07, 6.45) is 1.93. The second-order valence-electron chi connectivity index (χ2n) is 7.31. The van der Waals surface area contributed by atoms with E-state index in [1.165, 1.54) is 11.8 Å². The number of nitrogens with zero attached hydrogens (tertiary/aromatic N) is 2. The van der Waals surface area contributed by atoms with Gasteiger partial charge in [0.15, 0.2) is 0 Å². The zero-order valence-electron chi connectivity index (χ0n) is 19.2. The van der Waals surface area contributed by atoms with E-state index < -0.39 is 5.97 Å². The maximum absolute atomic E-state index is 12.7. The molecule has 8 heteroatoms. The molecule has 33 heavy (non-hydrogen) atoms. The van der Waals surface area contributed by atoms with E-state index in [0.717, 1.165) is 15.8 Å². The van der Waals surface area contributed by atoms with Gasteiger partial charge < -0.3 is 19.5 Å². The van der Waals surface area contributed by atoms with Crippen molar-refractivity contribution in [1.29, 1.82) is 0 Å². The van der Waals surface area contributed by atoms with Gasteiger partial charge in [-0.3, -0.25) is 9.59 Å². The van der Waals surface area contributed by atoms with Crippen LogP contribution in [0.25, 0.3) is 10.9 Å². The Hall–Kier alpha value is -3.26. The van der Waals surface area contributed by atoms with Crippen LogP contribution in [0.5, 0.6) is 0 Å². The average molecular weight is 468 g/mol. The smallest absolute Gasteiger partial charge is 0.340 e. The van der Waals surface area contributed by atoms with Gasteiger partial charge in [0.05, 0.1) is 23.6 Å². The van der Waals surface area contributed by atoms with Crippen LogP contribution in [0.1, 0.15) is 31.1 Å². The number of fused-ring (bicyclic) bond motifs is 1. The molecule has 174 valence electrons. The number of benzene rings is 2. The predicted molar refractivity (Wildman–Crippen MR) is 132 cm³/mol. The third-order valence-corrected chi connectivity index (χ3v) is 6.27. The monoisotopic (exact) mass is 467 g/mol. The molecule has 0 aliphatic carbocycles. The van der Waals surface area contributed by atoms with E-state index in [1.807, 2.05) is 48.9 Å². The first-order valence-corrected chi connectivity index (χ1v) is 12.0. The summed E-state index contributed by atoms with van der Waals surface area (Å²) < 4.78 is 7.00. The molecule has 0 aliphatic rings. The lowest BCUT2D eigenvalue weighted by atomic mass is 10.2. The summed E-state index contributed by atoms with van der Waals surface area (Å²) in [5, 5.41) is 3.80. The van der Waals surface area contributed by atoms with Crippen LogP contribution in [0.4, 0.5) is 5.69 Å². The first-order valence-electron chi connectivity index (χ1n) is 11.0. The lowest BCUT2D eigenvalue weighted by molar-refractivity contribution is -0.131. The van der Waals surface area contributed by atoms with E-state index in [-0.39, 0.29) is 30.7 Å². The van der Waals surface area contributed by atoms with Crippen molar-refractivity contribution in [2.45, 2.75) is 32.2 Å². The molecule has 0 radical (unpaired) electrons. The second kappa shape index (κ2) is 11.6. The topological polar surface area (TPSA) is 80.6 Å². The van der Waals surface area contributed by atoms with Crippen LogP contribution in [-0.2, 0) is 20.9 Å². The average Bonchev–Trinajstić information content (AvgIpc) is 3.16. The Morgan fingerprint density at radius 1 is 1.00 bits per heavy atom. The highest BCUT2D eigenvalue weighted by molar-refractivity contribution is 8.00. The summed E-state index contributed by atoms with van der Waals surface area (Å²) >= 11 is 1.40. The highest BCUT2D eigenvalue weighted by Gasteiger charge is 2.17. The van der Waals surface area contributed by atoms with Gasteiger partial charge in [-0.15, -0.1) is 11.8 Å². The van der Waals surface area contributed by atoms with Gasteiger partial charge in [0.25, 0.3) is 0 Å². The summed E-state index contributed by atoms with van der Waals surface area (Å²) in [6.45, 7) is 7.53. The fourth-order valence-electron chi connectivity index (χ4n) is 3.59. The van der Waals surface area contributed by atoms with Crippen molar-refractivity contribution in [1.82, 2.24) is 9.47 Å². The highest BCUT2D eigenvalue weighted by Crippen LogP contribution is 2.30. The maximum atomic E-state index is 12.7. The molecular weight excluding hydrogens is 438 g/mol. The number of hydrogen-bond acceptors (Lipinski definition) is 5. The zero-order valence-corrected chi connectivity index (χ0v) is 20.0. The number of thioether (sulfide) groups is 1. The van der Waals surface area contributed by atoms with Gasteiger partial charge in [0.1, 0.15) is 6.54 Å². The van der Waals surface area contributed by atoms with Crippen LogP contribution in [0.15, 0.2) is 59.6 Å². The Kier molecular flexibility index (Phi) is 8.54. The van der Waals surface area contributed by atoms with Crippen molar-refractivity contribution in [3.63, 3.8) is 0 Å². The Morgan fingerprint density at radius 2 is 1.70 bits per heavy atom. The Bertz CT molecular complexity index is 1140. The molecule has 0 aliphatic heterocycles. The number of amides is 2. The minimum atomic E-state index is -0.470. The quantitative estimate of drug-likeness (QED) is 0.353. The van der Waals surface area contributed by atoms with Gasteiger partial charge in [0.2, 0.25) is 11.8 Å². The van der Waals surface area contributed by atoms with E-state index in [9.17, 15) is 14.4 Å². The van der Waals surface area contributed by atoms with Crippen molar-refractivity contribution in [3.05, 3.63) is 60.3 Å². The van der Waals surface area contributed by atoms with E-state index in [4.69, 9.17) is 4.74 Å². The summed E-state index contributed by atoms with van der Waals surface area (Å²) in [7, 11) is 0. The van der Waals surface area contributed by atoms with Crippen molar-refractivity contribution in [2.75, 3.05) is 30.8 Å². The van der Waals surface area contributed by atoms with Crippen LogP contribution in [-0.4, -0.2) is 52.7 Å². The van der Waals surface area contributed by atoms with Gasteiger partial charge >= 0.3 is 5.97 Å². The van der Waals surface area contributed by atoms with Crippen molar-refractivity contribution in [2.24, 2.45) is 0 Å². The van der Waals surface area contributed by atoms with Gasteiger partial charge in [-0.25, -0.2) is 4.79 Å². The number of ether oxygens (including phenoxy) is 1. The number of carbonyl (C=O) groups excluding carboxylic acids is 3. The zero-order chi connectivity index (χ0) is 23.8. The number of carbonyl (C=O) groups is 3. The maximum Gasteiger partial charge on any atom is 0.340 e. The van der Waals surface area contributed by atoms with E-state index in [0.29, 0.717) is 24.3 Å². The van der Waals surface area contributed by atoms with E-state index in [2.05, 4.69) is 5.32 Å². The molecule has 0 fully saturated rings. The molecule has 2 amide bonds. The van der Waals surface area contributed by atoms with E-state index in [1.54, 1.807) is 36.1 Å². The first-order chi connectivity index (χ1) is 16.0. The minimum Gasteiger partial charge on any atom is -0.462 e. The molecule has 0 spiro atoms. The largest absolute Gasteiger partial charge is 0.462 e. The molecular formula is C25H29N3O4S. The fraction of sp³-hybridized carbons (Fsp3) is 0.320. The third-order valence-electron chi connectivity index (χ3n) is 5.23. The molecule has 2 aromatic carbocycles. The first kappa shape index (κ1) is 24.4. The molecule has 1 heterocycles. The Labute approximate surface area is 198 Å². The molecule has 0 saturated heterocycles. The standard InChI is InChI=1S/C25H29N3O4S/c1-4-27(5-2)24(30)16-28-15-22(19-12-8-10-14-21(19)28)33-17-23(29)26-20-13-9-7-11-18(20)25(31)32-6-3/h7-15H,4-6,16-17H2,1-3H3,(H,26,29). The molecule has 0 atom stereocenters. The number of likely N-dealkylation sites (N-methyl/N-ethyl adjacent to an activating group) is 1. The summed E-state index contributed by atoms with van der Waals surface area (Å²) in [4.78, 5) is 40.1. The molecule has 3 aromatic rings. The molecule has 1 N–H and O–H groups in total. The van der Waals surface area contributed by atoms with Gasteiger partial charge in [0, 0.05) is 35.1 Å². The number of rotatable bonds is 10. The van der Waals surface area contributed by atoms with E-state index >= 15 is 0 Å². The molecule has 0 bridgehead atoms. The predicted octanol–water partition coefficient (Wildman–Crippen LogP) is 4.42. The third kappa shape index (κ3) is 5.96. The summed E-state index contributed by atoms with van der Waals surface area (Å²) in [6, 6.07) is 14.6. The van der Waals surface area contributed by atoms with Gasteiger partial charge in [-0.1, -0.05) is 30.3 Å². The van der Waals surface area contributed by atoms with Crippen LogP contribution in [0.3, 0.4) is 0 Å². The van der Waals surface area contributed by atoms with Gasteiger partial charge in [-0.05, 0) is 39.0 Å². The Morgan fingerprint density at radius 3 is 2.42 bits per heavy atom. The lowest BCUT2D eigenvalue weighted by Crippen LogP contribution is -2.33. The number of aromatic nitrogens is 1. The van der Waals surface area contributed by atoms with Crippen molar-refractivity contribution >= 4 is 46.1 Å². The van der Waals surface area contributed by atoms with Crippen molar-refractivity contribution < 1.29 is 19.1 Å². The molecule has 1 aromatic heterocycles. The van der Waals surface area contributed by atoms with Crippen LogP contribution in [0, 0.1) is 0 Å². The molecule has 0 unspecified atom stereocenters. The van der Waals surface area contributed by atoms with Crippen molar-refractivity contribution in [3.8, 4) is 0 Å². The lowest BCUT2D eigenvalue weighted by Gasteiger charge is -2.19. The molecule has 3 rings (SSSR count). The molecule has 0 saturated carbocycles. The number of hydrogen-bond donors (Lipinski definition) is 1. The van der Waals surface area contributed by atoms with Crippen LogP contribution < -0.4 is 5.32 Å². The van der Waals surface area contributed by atoms with Crippen LogP contribution in [0.2, 0.25) is 0 Å². The van der Waals surface area contributed by atoms with Crippen LogP contribution >= 0.6 is 11.8 Å². The number of anilines is 1. The minimum absolute atomic E-state index is 0.0608. The highest BCUT2D eigenvalue weighted by atomic mass is 32.2. The number of esters is 1. The van der Waals surface area contributed by atoms with Gasteiger partial charge in [-0.2, -0.15) is 0 Å². The second-order valence-corrected chi connectivity index (χ2v) is 8.32. The number of nitrogens with one attached hydrogen (secondary N) is 1. The SMILES string of the molecule is CCOC(=O)c1ccccc1NC(=O)CSc1cn(CC(=O)N(CC)CC)c2ccccc12. The molecule has 7 nitrogen and oxygen atoms in total. The number of para-hydroxylation sites is 2. The normalized spacial score (nSPS) is 10.8. The summed E-state index contributed by atoms with van der Waals surface area (Å²) in [5.74, 6) is -0.477. The summed E-state index contributed by atoms with van der Waals surface area (Å²) in [5.41, 5.74) is 1.70.